The highest BCUT2D eigenvalue weighted by Gasteiger charge is 2.10. The summed E-state index contributed by atoms with van der Waals surface area (Å²) in [6.45, 7) is 2.19. The first kappa shape index (κ1) is 17.9. The predicted octanol–water partition coefficient (Wildman–Crippen LogP) is 3.73. The van der Waals surface area contributed by atoms with Crippen molar-refractivity contribution >= 4 is 23.0 Å². The maximum atomic E-state index is 13.6. The smallest absolute Gasteiger partial charge is 0.171 e. The van der Waals surface area contributed by atoms with Crippen LogP contribution in [0.15, 0.2) is 42.5 Å². The number of rotatable bonds is 6. The van der Waals surface area contributed by atoms with Crippen molar-refractivity contribution in [2.75, 3.05) is 19.0 Å². The van der Waals surface area contributed by atoms with Gasteiger partial charge in [0, 0.05) is 6.07 Å². The number of hydrogen-bond acceptors (Lipinski definition) is 3. The molecule has 128 valence electrons. The molecule has 0 spiro atoms. The van der Waals surface area contributed by atoms with Crippen LogP contribution in [0, 0.1) is 11.6 Å². The van der Waals surface area contributed by atoms with Crippen molar-refractivity contribution in [3.05, 3.63) is 54.1 Å². The van der Waals surface area contributed by atoms with E-state index in [4.69, 9.17) is 21.7 Å². The number of thiocarbonyl (C=S) groups is 1. The molecule has 0 aliphatic heterocycles. The lowest BCUT2D eigenvalue weighted by Gasteiger charge is -2.18. The molecule has 1 atom stereocenters. The van der Waals surface area contributed by atoms with Gasteiger partial charge in [0.05, 0.1) is 18.8 Å². The van der Waals surface area contributed by atoms with Crippen LogP contribution in [0.1, 0.15) is 6.92 Å². The summed E-state index contributed by atoms with van der Waals surface area (Å²) in [5.41, 5.74) is 0.103. The molecular weight excluding hydrogens is 334 g/mol. The monoisotopic (exact) mass is 352 g/mol. The van der Waals surface area contributed by atoms with Crippen molar-refractivity contribution in [1.29, 1.82) is 0 Å². The molecule has 2 rings (SSSR count). The van der Waals surface area contributed by atoms with Gasteiger partial charge in [-0.3, -0.25) is 0 Å². The molecule has 24 heavy (non-hydrogen) atoms. The van der Waals surface area contributed by atoms with E-state index in [0.717, 1.165) is 12.1 Å². The van der Waals surface area contributed by atoms with Crippen LogP contribution >= 0.6 is 12.2 Å². The summed E-state index contributed by atoms with van der Waals surface area (Å²) in [5, 5.41) is 5.88. The predicted molar refractivity (Wildman–Crippen MR) is 93.7 cm³/mol. The molecule has 0 radical (unpaired) electrons. The second-order valence-corrected chi connectivity index (χ2v) is 5.49. The minimum atomic E-state index is -0.711. The zero-order valence-corrected chi connectivity index (χ0v) is 14.1. The minimum Gasteiger partial charge on any atom is -0.493 e. The number of halogens is 2. The third kappa shape index (κ3) is 5.06. The quantitative estimate of drug-likeness (QED) is 0.776. The molecule has 7 heteroatoms. The minimum absolute atomic E-state index is 0.103. The summed E-state index contributed by atoms with van der Waals surface area (Å²) in [7, 11) is 1.57. The lowest BCUT2D eigenvalue weighted by Crippen LogP contribution is -2.39. The van der Waals surface area contributed by atoms with Crippen LogP contribution in [0.4, 0.5) is 14.5 Å². The van der Waals surface area contributed by atoms with Gasteiger partial charge in [0.2, 0.25) is 0 Å². The van der Waals surface area contributed by atoms with E-state index < -0.39 is 11.6 Å². The summed E-state index contributed by atoms with van der Waals surface area (Å²) in [5.74, 6) is -0.0940. The maximum absolute atomic E-state index is 13.6. The summed E-state index contributed by atoms with van der Waals surface area (Å²) < 4.78 is 37.3. The van der Waals surface area contributed by atoms with Gasteiger partial charge < -0.3 is 20.1 Å². The highest BCUT2D eigenvalue weighted by molar-refractivity contribution is 7.80. The van der Waals surface area contributed by atoms with Gasteiger partial charge in [-0.1, -0.05) is 12.1 Å². The Morgan fingerprint density at radius 1 is 1.17 bits per heavy atom. The number of nitrogens with one attached hydrogen (secondary N) is 2. The van der Waals surface area contributed by atoms with Gasteiger partial charge in [-0.25, -0.2) is 8.78 Å². The average Bonchev–Trinajstić information content (AvgIpc) is 2.55. The normalized spacial score (nSPS) is 11.5. The molecule has 0 aliphatic carbocycles. The Morgan fingerprint density at radius 2 is 1.88 bits per heavy atom. The standard InChI is InChI=1S/C17H18F2N2O2S/c1-11(10-23-16-6-4-3-5-15(16)22-2)20-17(24)21-14-8-7-12(18)9-13(14)19/h3-9,11H,10H2,1-2H3,(H2,20,21,24). The molecule has 2 aromatic carbocycles. The highest BCUT2D eigenvalue weighted by Crippen LogP contribution is 2.25. The van der Waals surface area contributed by atoms with E-state index >= 15 is 0 Å². The van der Waals surface area contributed by atoms with Crippen molar-refractivity contribution < 1.29 is 18.3 Å². The third-order valence-corrected chi connectivity index (χ3v) is 3.33. The number of benzene rings is 2. The number of methoxy groups -OCH3 is 1. The van der Waals surface area contributed by atoms with Crippen LogP contribution in [-0.4, -0.2) is 24.9 Å². The van der Waals surface area contributed by atoms with Crippen LogP contribution in [-0.2, 0) is 0 Å². The number of para-hydroxylation sites is 2. The topological polar surface area (TPSA) is 42.5 Å². The molecule has 0 heterocycles. The Hall–Kier alpha value is -2.41. The van der Waals surface area contributed by atoms with Gasteiger partial charge in [0.25, 0.3) is 0 Å². The molecule has 0 amide bonds. The van der Waals surface area contributed by atoms with E-state index in [1.807, 2.05) is 19.1 Å². The van der Waals surface area contributed by atoms with Gasteiger partial charge in [-0.2, -0.15) is 0 Å². The van der Waals surface area contributed by atoms with Gasteiger partial charge in [0.15, 0.2) is 16.6 Å². The Kier molecular flexibility index (Phi) is 6.31. The number of anilines is 1. The summed E-state index contributed by atoms with van der Waals surface area (Å²) in [6.07, 6.45) is 0. The Balaban J connectivity index is 1.85. The van der Waals surface area contributed by atoms with Crippen LogP contribution < -0.4 is 20.1 Å². The van der Waals surface area contributed by atoms with Crippen LogP contribution in [0.3, 0.4) is 0 Å². The van der Waals surface area contributed by atoms with E-state index in [9.17, 15) is 8.78 Å². The van der Waals surface area contributed by atoms with Crippen LogP contribution in [0.5, 0.6) is 11.5 Å². The van der Waals surface area contributed by atoms with Gasteiger partial charge in [-0.05, 0) is 43.4 Å². The second-order valence-electron chi connectivity index (χ2n) is 5.09. The summed E-state index contributed by atoms with van der Waals surface area (Å²) in [6, 6.07) is 10.4. The van der Waals surface area contributed by atoms with E-state index in [0.29, 0.717) is 18.1 Å². The molecule has 1 unspecified atom stereocenters. The summed E-state index contributed by atoms with van der Waals surface area (Å²) >= 11 is 5.12. The van der Waals surface area contributed by atoms with Crippen molar-refractivity contribution in [3.8, 4) is 11.5 Å². The first-order valence-electron chi connectivity index (χ1n) is 7.28. The Morgan fingerprint density at radius 3 is 2.54 bits per heavy atom. The largest absolute Gasteiger partial charge is 0.493 e. The Bertz CT molecular complexity index is 713. The lowest BCUT2D eigenvalue weighted by molar-refractivity contribution is 0.270. The van der Waals surface area contributed by atoms with Gasteiger partial charge >= 0.3 is 0 Å². The molecule has 0 saturated heterocycles. The van der Waals surface area contributed by atoms with Crippen LogP contribution in [0.25, 0.3) is 0 Å². The fraction of sp³-hybridized carbons (Fsp3) is 0.235. The van der Waals surface area contributed by atoms with Crippen molar-refractivity contribution in [2.24, 2.45) is 0 Å². The third-order valence-electron chi connectivity index (χ3n) is 3.11. The zero-order valence-electron chi connectivity index (χ0n) is 13.3. The fourth-order valence-electron chi connectivity index (χ4n) is 1.97. The lowest BCUT2D eigenvalue weighted by atomic mass is 10.3. The first-order valence-corrected chi connectivity index (χ1v) is 7.69. The molecular formula is C17H18F2N2O2S. The average molecular weight is 352 g/mol. The molecule has 2 aromatic rings. The molecule has 0 fully saturated rings. The van der Waals surface area contributed by atoms with E-state index in [1.165, 1.54) is 6.07 Å². The zero-order chi connectivity index (χ0) is 17.5. The van der Waals surface area contributed by atoms with E-state index in [1.54, 1.807) is 19.2 Å². The van der Waals surface area contributed by atoms with Crippen molar-refractivity contribution in [3.63, 3.8) is 0 Å². The molecule has 2 N–H and O–H groups in total. The fourth-order valence-corrected chi connectivity index (χ4v) is 2.28. The SMILES string of the molecule is COc1ccccc1OCC(C)NC(=S)Nc1ccc(F)cc1F. The van der Waals surface area contributed by atoms with Crippen molar-refractivity contribution in [2.45, 2.75) is 13.0 Å². The number of ether oxygens (including phenoxy) is 2. The molecule has 0 saturated carbocycles. The van der Waals surface area contributed by atoms with E-state index in [2.05, 4.69) is 10.6 Å². The van der Waals surface area contributed by atoms with Gasteiger partial charge in [-0.15, -0.1) is 0 Å². The Labute approximate surface area is 144 Å². The molecule has 0 bridgehead atoms. The highest BCUT2D eigenvalue weighted by atomic mass is 32.1. The molecule has 4 nitrogen and oxygen atoms in total. The number of hydrogen-bond donors (Lipinski definition) is 2. The first-order chi connectivity index (χ1) is 11.5. The summed E-state index contributed by atoms with van der Waals surface area (Å²) in [4.78, 5) is 0. The maximum Gasteiger partial charge on any atom is 0.171 e. The van der Waals surface area contributed by atoms with Crippen LogP contribution in [0.2, 0.25) is 0 Å². The molecule has 0 aliphatic rings. The van der Waals surface area contributed by atoms with Crippen molar-refractivity contribution in [1.82, 2.24) is 5.32 Å². The van der Waals surface area contributed by atoms with Gasteiger partial charge in [0.1, 0.15) is 18.2 Å². The molecule has 0 aromatic heterocycles. The second kappa shape index (κ2) is 8.44. The van der Waals surface area contributed by atoms with E-state index in [-0.39, 0.29) is 16.8 Å².